The van der Waals surface area contributed by atoms with Crippen LogP contribution in [0.2, 0.25) is 0 Å². The van der Waals surface area contributed by atoms with E-state index in [1.807, 2.05) is 0 Å². The van der Waals surface area contributed by atoms with Gasteiger partial charge in [-0.05, 0) is 35.9 Å². The van der Waals surface area contributed by atoms with Crippen LogP contribution in [-0.2, 0) is 24.8 Å². The number of aromatic nitrogens is 5. The minimum atomic E-state index is -2.67. The highest BCUT2D eigenvalue weighted by Gasteiger charge is 2.31. The lowest BCUT2D eigenvalue weighted by atomic mass is 9.94. The van der Waals surface area contributed by atoms with Crippen molar-refractivity contribution in [2.24, 2.45) is 7.05 Å². The molecule has 6 rings (SSSR count). The number of alkyl halides is 2. The van der Waals surface area contributed by atoms with Crippen LogP contribution in [0.1, 0.15) is 42.1 Å². The number of urea groups is 1. The molecule has 0 radical (unpaired) electrons. The maximum absolute atomic E-state index is 14.4. The van der Waals surface area contributed by atoms with E-state index in [1.54, 1.807) is 60.6 Å². The van der Waals surface area contributed by atoms with Gasteiger partial charge in [0, 0.05) is 92.2 Å². The van der Waals surface area contributed by atoms with Crippen LogP contribution in [0.5, 0.6) is 0 Å². The van der Waals surface area contributed by atoms with E-state index in [9.17, 15) is 13.6 Å². The van der Waals surface area contributed by atoms with Gasteiger partial charge in [-0.3, -0.25) is 14.3 Å². The van der Waals surface area contributed by atoms with Crippen LogP contribution in [0.4, 0.5) is 13.6 Å². The topological polar surface area (TPSA) is 90.1 Å². The molecule has 1 aromatic carbocycles. The standard InChI is InChI=1S/C27H29F2N7O2/c1-30-27(37)35-6-3-24-23(15-35)25(33-36(24)18-4-7-38-8-5-18)22-13-31-11-16-9-19(17-12-32-34(2)14-17)21(26(28)29)10-20(16)22/h9-14,18,26H,3-8,15H2,1-2H3,(H,30,37). The van der Waals surface area contributed by atoms with Gasteiger partial charge in [0.1, 0.15) is 0 Å². The number of carbonyl (C=O) groups excluding carboxylic acids is 1. The molecule has 2 aliphatic rings. The van der Waals surface area contributed by atoms with Crippen molar-refractivity contribution in [3.63, 3.8) is 0 Å². The van der Waals surface area contributed by atoms with Crippen molar-refractivity contribution < 1.29 is 18.3 Å². The third kappa shape index (κ3) is 4.20. The Balaban J connectivity index is 1.54. The third-order valence-electron chi connectivity index (χ3n) is 7.56. The molecule has 9 nitrogen and oxygen atoms in total. The quantitative estimate of drug-likeness (QED) is 0.428. The number of carbonyl (C=O) groups is 1. The summed E-state index contributed by atoms with van der Waals surface area (Å²) in [6, 6.07) is 3.34. The van der Waals surface area contributed by atoms with Gasteiger partial charge in [0.05, 0.1) is 24.5 Å². The largest absolute Gasteiger partial charge is 0.381 e. The minimum Gasteiger partial charge on any atom is -0.381 e. The molecule has 0 spiro atoms. The first-order chi connectivity index (χ1) is 18.4. The predicted octanol–water partition coefficient (Wildman–Crippen LogP) is 4.49. The van der Waals surface area contributed by atoms with Crippen molar-refractivity contribution in [1.29, 1.82) is 0 Å². The molecule has 2 aliphatic heterocycles. The number of nitrogens with zero attached hydrogens (tertiary/aromatic N) is 6. The van der Waals surface area contributed by atoms with Crippen molar-refractivity contribution >= 4 is 16.8 Å². The van der Waals surface area contributed by atoms with E-state index in [1.165, 1.54) is 0 Å². The SMILES string of the molecule is CNC(=O)N1CCc2c(c(-c3cncc4cc(-c5cnn(C)c5)c(C(F)F)cc34)nn2C2CCOCC2)C1. The molecule has 198 valence electrons. The van der Waals surface area contributed by atoms with Crippen molar-refractivity contribution in [2.75, 3.05) is 26.8 Å². The Bertz CT molecular complexity index is 1510. The number of aryl methyl sites for hydroxylation is 1. The molecule has 2 amide bonds. The maximum atomic E-state index is 14.4. The molecule has 0 unspecified atom stereocenters. The molecule has 3 aromatic heterocycles. The molecule has 4 aromatic rings. The zero-order valence-electron chi connectivity index (χ0n) is 21.3. The zero-order chi connectivity index (χ0) is 26.4. The van der Waals surface area contributed by atoms with Crippen LogP contribution >= 0.6 is 0 Å². The fraction of sp³-hybridized carbons (Fsp3) is 0.407. The van der Waals surface area contributed by atoms with Crippen LogP contribution in [0.3, 0.4) is 0 Å². The van der Waals surface area contributed by atoms with Crippen LogP contribution in [-0.4, -0.2) is 62.3 Å². The first-order valence-corrected chi connectivity index (χ1v) is 12.8. The van der Waals surface area contributed by atoms with Gasteiger partial charge >= 0.3 is 6.03 Å². The molecule has 1 N–H and O–H groups in total. The zero-order valence-corrected chi connectivity index (χ0v) is 21.3. The fourth-order valence-electron chi connectivity index (χ4n) is 5.64. The second kappa shape index (κ2) is 9.79. The normalized spacial score (nSPS) is 16.3. The van der Waals surface area contributed by atoms with Gasteiger partial charge in [-0.25, -0.2) is 13.6 Å². The molecule has 0 aliphatic carbocycles. The Labute approximate surface area is 218 Å². The number of rotatable bonds is 4. The number of fused-ring (bicyclic) bond motifs is 2. The first kappa shape index (κ1) is 24.5. The third-order valence-corrected chi connectivity index (χ3v) is 7.56. The first-order valence-electron chi connectivity index (χ1n) is 12.8. The highest BCUT2D eigenvalue weighted by molar-refractivity contribution is 5.99. The second-order valence-corrected chi connectivity index (χ2v) is 9.84. The highest BCUT2D eigenvalue weighted by atomic mass is 19.3. The van der Waals surface area contributed by atoms with E-state index in [0.717, 1.165) is 29.5 Å². The van der Waals surface area contributed by atoms with E-state index in [4.69, 9.17) is 9.84 Å². The summed E-state index contributed by atoms with van der Waals surface area (Å²) >= 11 is 0. The molecule has 0 bridgehead atoms. The van der Waals surface area contributed by atoms with E-state index in [-0.39, 0.29) is 17.6 Å². The molecule has 0 atom stereocenters. The molecule has 1 fully saturated rings. The van der Waals surface area contributed by atoms with Gasteiger partial charge in [-0.1, -0.05) is 0 Å². The van der Waals surface area contributed by atoms with E-state index >= 15 is 0 Å². The molecular weight excluding hydrogens is 492 g/mol. The summed E-state index contributed by atoms with van der Waals surface area (Å²) in [6.07, 6.45) is 6.39. The fourth-order valence-corrected chi connectivity index (χ4v) is 5.64. The molecular formula is C27H29F2N7O2. The molecule has 38 heavy (non-hydrogen) atoms. The van der Waals surface area contributed by atoms with Gasteiger partial charge in [-0.15, -0.1) is 0 Å². The van der Waals surface area contributed by atoms with Gasteiger partial charge in [-0.2, -0.15) is 10.2 Å². The number of pyridine rings is 1. The van der Waals surface area contributed by atoms with E-state index in [2.05, 4.69) is 20.1 Å². The van der Waals surface area contributed by atoms with Crippen molar-refractivity contribution in [3.8, 4) is 22.4 Å². The molecule has 11 heteroatoms. The number of nitrogens with one attached hydrogen (secondary N) is 1. The smallest absolute Gasteiger partial charge is 0.317 e. The molecule has 0 saturated carbocycles. The summed E-state index contributed by atoms with van der Waals surface area (Å²) in [7, 11) is 3.37. The lowest BCUT2D eigenvalue weighted by Crippen LogP contribution is -2.41. The average molecular weight is 522 g/mol. The van der Waals surface area contributed by atoms with E-state index in [0.29, 0.717) is 60.5 Å². The van der Waals surface area contributed by atoms with Crippen molar-refractivity contribution in [1.82, 2.24) is 34.8 Å². The number of amides is 2. The summed E-state index contributed by atoms with van der Waals surface area (Å²) in [5.41, 5.74) is 4.39. The highest BCUT2D eigenvalue weighted by Crippen LogP contribution is 2.40. The number of benzene rings is 1. The summed E-state index contributed by atoms with van der Waals surface area (Å²) in [6.45, 7) is 2.31. The van der Waals surface area contributed by atoms with Crippen molar-refractivity contribution in [2.45, 2.75) is 38.3 Å². The number of halogens is 2. The lowest BCUT2D eigenvalue weighted by Gasteiger charge is -2.29. The van der Waals surface area contributed by atoms with Gasteiger partial charge < -0.3 is 15.0 Å². The van der Waals surface area contributed by atoms with Crippen LogP contribution in [0.15, 0.2) is 36.9 Å². The van der Waals surface area contributed by atoms with Gasteiger partial charge in [0.15, 0.2) is 0 Å². The van der Waals surface area contributed by atoms with E-state index < -0.39 is 6.43 Å². The van der Waals surface area contributed by atoms with Crippen molar-refractivity contribution in [3.05, 3.63) is 53.7 Å². The Morgan fingerprint density at radius 1 is 1.16 bits per heavy atom. The number of hydrogen-bond donors (Lipinski definition) is 1. The monoisotopic (exact) mass is 521 g/mol. The number of hydrogen-bond acceptors (Lipinski definition) is 5. The predicted molar refractivity (Wildman–Crippen MR) is 138 cm³/mol. The number of ether oxygens (including phenoxy) is 1. The average Bonchev–Trinajstić information content (AvgIpc) is 3.55. The second-order valence-electron chi connectivity index (χ2n) is 9.84. The van der Waals surface area contributed by atoms with Crippen LogP contribution < -0.4 is 5.32 Å². The minimum absolute atomic E-state index is 0.0670. The Hall–Kier alpha value is -3.86. The van der Waals surface area contributed by atoms with Gasteiger partial charge in [0.25, 0.3) is 6.43 Å². The van der Waals surface area contributed by atoms with Crippen LogP contribution in [0, 0.1) is 0 Å². The van der Waals surface area contributed by atoms with Gasteiger partial charge in [0.2, 0.25) is 0 Å². The Morgan fingerprint density at radius 3 is 2.68 bits per heavy atom. The molecule has 5 heterocycles. The lowest BCUT2D eigenvalue weighted by molar-refractivity contribution is 0.0651. The summed E-state index contributed by atoms with van der Waals surface area (Å²) in [5, 5.41) is 13.3. The Kier molecular flexibility index (Phi) is 6.30. The Morgan fingerprint density at radius 2 is 1.97 bits per heavy atom. The summed E-state index contributed by atoms with van der Waals surface area (Å²) in [4.78, 5) is 18.7. The summed E-state index contributed by atoms with van der Waals surface area (Å²) in [5.74, 6) is 0. The maximum Gasteiger partial charge on any atom is 0.317 e. The van der Waals surface area contributed by atoms with Crippen LogP contribution in [0.25, 0.3) is 33.2 Å². The molecule has 1 saturated heterocycles. The summed E-state index contributed by atoms with van der Waals surface area (Å²) < 4.78 is 38.0.